The van der Waals surface area contributed by atoms with Gasteiger partial charge in [0, 0.05) is 14.7 Å². The second-order valence-corrected chi connectivity index (χ2v) is 29.2. The lowest BCUT2D eigenvalue weighted by Gasteiger charge is -2.40. The maximum Gasteiger partial charge on any atom is 0.408 e. The summed E-state index contributed by atoms with van der Waals surface area (Å²) in [5.41, 5.74) is 0.801. The summed E-state index contributed by atoms with van der Waals surface area (Å²) < 4.78 is 35.5. The van der Waals surface area contributed by atoms with Crippen LogP contribution in [0.25, 0.3) is 0 Å². The van der Waals surface area contributed by atoms with Gasteiger partial charge in [-0.25, -0.2) is 9.59 Å². The number of nitrogens with one attached hydrogen (secondary N) is 2. The van der Waals surface area contributed by atoms with E-state index in [1.807, 2.05) is 30.3 Å². The molecule has 1 aliphatic rings. The zero-order valence-corrected chi connectivity index (χ0v) is 51.0. The Morgan fingerprint density at radius 1 is 0.649 bits per heavy atom. The molecule has 13 nitrogen and oxygen atoms in total. The molecule has 2 amide bonds. The minimum absolute atomic E-state index is 0.0357. The molecule has 1 aliphatic heterocycles. The molecule has 1 heterocycles. The maximum absolute atomic E-state index is 14.5. The van der Waals surface area contributed by atoms with E-state index in [9.17, 15) is 24.3 Å². The van der Waals surface area contributed by atoms with Gasteiger partial charge in [-0.05, 0) is 37.8 Å². The van der Waals surface area contributed by atoms with Crippen molar-refractivity contribution in [1.82, 2.24) is 10.6 Å². The van der Waals surface area contributed by atoms with Crippen LogP contribution in [0.2, 0.25) is 25.7 Å². The Morgan fingerprint density at radius 2 is 1.13 bits per heavy atom. The third-order valence-electron chi connectivity index (χ3n) is 15.1. The Bertz CT molecular complexity index is 1590. The standard InChI is InChI=1S/C63H114N2O11Si/c1-8-11-14-17-20-23-26-28-31-37-42-54(43-38-32-29-27-24-21-18-15-12-9-2)62(69)76-60-56(49-72-57(59(60)67)50-73-61(68)52(4)64-63(70)74-48-53-40-35-34-36-41-53)65-58(66)47-55(75-51-71-45-46-77(5,6)7)44-39-33-30-25-22-19-16-13-10-3/h34-36,40-41,52,54-57,59-60,67H,8-33,37-39,42-51H2,1-7H3,(H,64,70)(H,65,66)/t52-,55+,56-,57+,59+,60+/m0/s1. The van der Waals surface area contributed by atoms with Gasteiger partial charge < -0.3 is 44.2 Å². The van der Waals surface area contributed by atoms with Gasteiger partial charge in [0.25, 0.3) is 0 Å². The molecular weight excluding hydrogens is 989 g/mol. The van der Waals surface area contributed by atoms with Crippen molar-refractivity contribution in [3.63, 3.8) is 0 Å². The largest absolute Gasteiger partial charge is 0.461 e. The zero-order valence-electron chi connectivity index (χ0n) is 50.0. The molecule has 2 rings (SSSR count). The minimum atomic E-state index is -1.44. The molecule has 1 saturated heterocycles. The summed E-state index contributed by atoms with van der Waals surface area (Å²) in [5.74, 6) is -1.79. The fourth-order valence-electron chi connectivity index (χ4n) is 9.93. The molecular formula is C63H114N2O11Si. The SMILES string of the molecule is CCCCCCCCCCCCC(CCCCCCCCCCCC)C(=O)O[C@H]1[C@H](O)[C@@H](COC(=O)[C@H](C)NC(=O)OCc2ccccc2)OC[C@@H]1NC(=O)C[C@@H](CCCCCCCCCCC)OCOCC[Si](C)(C)C. The Kier molecular flexibility index (Phi) is 41.5. The molecule has 0 saturated carbocycles. The van der Waals surface area contributed by atoms with Crippen LogP contribution in [-0.4, -0.2) is 100 Å². The van der Waals surface area contributed by atoms with Crippen LogP contribution in [0.15, 0.2) is 30.3 Å². The van der Waals surface area contributed by atoms with Crippen LogP contribution < -0.4 is 10.6 Å². The smallest absolute Gasteiger partial charge is 0.408 e. The predicted octanol–water partition coefficient (Wildman–Crippen LogP) is 15.2. The zero-order chi connectivity index (χ0) is 56.2. The van der Waals surface area contributed by atoms with Crippen LogP contribution >= 0.6 is 0 Å². The van der Waals surface area contributed by atoms with Gasteiger partial charge in [-0.3, -0.25) is 9.59 Å². The van der Waals surface area contributed by atoms with Crippen LogP contribution in [0, 0.1) is 5.92 Å². The molecule has 0 aromatic heterocycles. The van der Waals surface area contributed by atoms with Crippen molar-refractivity contribution in [2.45, 2.75) is 308 Å². The molecule has 1 aromatic carbocycles. The van der Waals surface area contributed by atoms with E-state index in [4.69, 9.17) is 28.4 Å². The predicted molar refractivity (Wildman–Crippen MR) is 314 cm³/mol. The highest BCUT2D eigenvalue weighted by atomic mass is 28.3. The van der Waals surface area contributed by atoms with Gasteiger partial charge in [0.1, 0.15) is 38.3 Å². The van der Waals surface area contributed by atoms with Gasteiger partial charge in [0.15, 0.2) is 6.10 Å². The number of ether oxygens (including phenoxy) is 6. The van der Waals surface area contributed by atoms with Gasteiger partial charge in [-0.15, -0.1) is 0 Å². The van der Waals surface area contributed by atoms with Gasteiger partial charge in [0.2, 0.25) is 5.91 Å². The molecule has 0 aliphatic carbocycles. The van der Waals surface area contributed by atoms with Crippen molar-refractivity contribution in [3.05, 3.63) is 35.9 Å². The highest BCUT2D eigenvalue weighted by Gasteiger charge is 2.44. The summed E-state index contributed by atoms with van der Waals surface area (Å²) in [6.07, 6.45) is 32.0. The molecule has 1 fully saturated rings. The number of rotatable bonds is 49. The van der Waals surface area contributed by atoms with Gasteiger partial charge in [-0.1, -0.05) is 257 Å². The first kappa shape index (κ1) is 70.1. The van der Waals surface area contributed by atoms with E-state index in [1.54, 1.807) is 0 Å². The summed E-state index contributed by atoms with van der Waals surface area (Å²) in [6, 6.07) is 8.30. The van der Waals surface area contributed by atoms with E-state index in [2.05, 4.69) is 51.0 Å². The number of benzene rings is 1. The van der Waals surface area contributed by atoms with Gasteiger partial charge in [0.05, 0.1) is 31.1 Å². The fraction of sp³-hybridized carbons (Fsp3) is 0.841. The normalized spacial score (nSPS) is 17.5. The lowest BCUT2D eigenvalue weighted by atomic mass is 9.93. The minimum Gasteiger partial charge on any atom is -0.461 e. The first-order chi connectivity index (χ1) is 37.3. The van der Waals surface area contributed by atoms with Crippen LogP contribution in [0.1, 0.15) is 245 Å². The van der Waals surface area contributed by atoms with E-state index in [0.29, 0.717) is 25.9 Å². The number of hydrogen-bond donors (Lipinski definition) is 3. The van der Waals surface area contributed by atoms with Crippen molar-refractivity contribution in [1.29, 1.82) is 0 Å². The molecule has 1 aromatic rings. The summed E-state index contributed by atoms with van der Waals surface area (Å²) in [7, 11) is -1.30. The van der Waals surface area contributed by atoms with E-state index < -0.39 is 50.5 Å². The number of carbonyl (C=O) groups is 4. The summed E-state index contributed by atoms with van der Waals surface area (Å²) in [4.78, 5) is 54.3. The molecule has 3 N–H and O–H groups in total. The number of amides is 2. The van der Waals surface area contributed by atoms with Crippen molar-refractivity contribution in [3.8, 4) is 0 Å². The quantitative estimate of drug-likeness (QED) is 0.0187. The van der Waals surface area contributed by atoms with Crippen molar-refractivity contribution >= 4 is 32.0 Å². The lowest BCUT2D eigenvalue weighted by Crippen LogP contribution is -2.62. The second-order valence-electron chi connectivity index (χ2n) is 23.6. The average Bonchev–Trinajstić information content (AvgIpc) is 3.41. The monoisotopic (exact) mass is 1100 g/mol. The Labute approximate surface area is 470 Å². The number of unbranched alkanes of at least 4 members (excludes halogenated alkanes) is 26. The second kappa shape index (κ2) is 45.7. The molecule has 6 atom stereocenters. The average molecular weight is 1100 g/mol. The first-order valence-corrected chi connectivity index (χ1v) is 35.1. The van der Waals surface area contributed by atoms with Crippen molar-refractivity contribution < 1.29 is 52.7 Å². The van der Waals surface area contributed by atoms with Crippen molar-refractivity contribution in [2.24, 2.45) is 5.92 Å². The molecule has 0 spiro atoms. The van der Waals surface area contributed by atoms with E-state index in [-0.39, 0.29) is 56.9 Å². The third kappa shape index (κ3) is 36.8. The molecule has 0 radical (unpaired) electrons. The fourth-order valence-corrected chi connectivity index (χ4v) is 10.7. The number of hydrogen-bond acceptors (Lipinski definition) is 11. The maximum atomic E-state index is 14.5. The molecule has 77 heavy (non-hydrogen) atoms. The van der Waals surface area contributed by atoms with E-state index in [0.717, 1.165) is 69.4 Å². The Morgan fingerprint density at radius 3 is 1.62 bits per heavy atom. The number of esters is 2. The highest BCUT2D eigenvalue weighted by molar-refractivity contribution is 6.76. The van der Waals surface area contributed by atoms with Crippen LogP contribution in [0.3, 0.4) is 0 Å². The van der Waals surface area contributed by atoms with Crippen LogP contribution in [-0.2, 0) is 49.4 Å². The van der Waals surface area contributed by atoms with Crippen LogP contribution in [0.4, 0.5) is 4.79 Å². The topological polar surface area (TPSA) is 168 Å². The number of aliphatic hydroxyl groups is 1. The first-order valence-electron chi connectivity index (χ1n) is 31.4. The molecule has 0 bridgehead atoms. The Balaban J connectivity index is 2.21. The summed E-state index contributed by atoms with van der Waals surface area (Å²) in [5, 5.41) is 17.6. The third-order valence-corrected chi connectivity index (χ3v) is 16.8. The molecule has 14 heteroatoms. The molecule has 446 valence electrons. The van der Waals surface area contributed by atoms with Crippen LogP contribution in [0.5, 0.6) is 0 Å². The molecule has 0 unspecified atom stereocenters. The van der Waals surface area contributed by atoms with Gasteiger partial charge >= 0.3 is 18.0 Å². The van der Waals surface area contributed by atoms with E-state index in [1.165, 1.54) is 135 Å². The highest BCUT2D eigenvalue weighted by Crippen LogP contribution is 2.27. The van der Waals surface area contributed by atoms with Crippen molar-refractivity contribution in [2.75, 3.05) is 26.6 Å². The Hall–Kier alpha value is -3.04. The lowest BCUT2D eigenvalue weighted by molar-refractivity contribution is -0.198. The summed E-state index contributed by atoms with van der Waals surface area (Å²) in [6.45, 7) is 15.4. The number of aliphatic hydroxyl groups excluding tert-OH is 1. The van der Waals surface area contributed by atoms with Gasteiger partial charge in [-0.2, -0.15) is 0 Å². The summed E-state index contributed by atoms with van der Waals surface area (Å²) >= 11 is 0. The number of alkyl carbamates (subject to hydrolysis) is 1. The van der Waals surface area contributed by atoms with E-state index >= 15 is 0 Å². The number of carbonyl (C=O) groups excluding carboxylic acids is 4.